The normalized spacial score (nSPS) is 14.7. The molecule has 1 aliphatic heterocycles. The zero-order valence-corrected chi connectivity index (χ0v) is 14.1. The van der Waals surface area contributed by atoms with E-state index in [1.807, 2.05) is 12.1 Å². The molecule has 6 nitrogen and oxygen atoms in total. The van der Waals surface area contributed by atoms with Crippen LogP contribution in [0.4, 0.5) is 10.5 Å². The van der Waals surface area contributed by atoms with Crippen LogP contribution in [0.2, 0.25) is 0 Å². The van der Waals surface area contributed by atoms with Gasteiger partial charge in [-0.2, -0.15) is 0 Å². The maximum Gasteiger partial charge on any atom is 0.330 e. The first-order chi connectivity index (χ1) is 11.7. The Balaban J connectivity index is 1.72. The van der Waals surface area contributed by atoms with Crippen LogP contribution in [0.1, 0.15) is 25.3 Å². The Morgan fingerprint density at radius 3 is 2.58 bits per heavy atom. The van der Waals surface area contributed by atoms with Crippen LogP contribution in [-0.2, 0) is 9.53 Å². The van der Waals surface area contributed by atoms with Crippen LogP contribution in [0.3, 0.4) is 0 Å². The third-order valence-corrected chi connectivity index (χ3v) is 3.78. The van der Waals surface area contributed by atoms with Crippen molar-refractivity contribution in [3.05, 3.63) is 35.9 Å². The van der Waals surface area contributed by atoms with E-state index >= 15 is 0 Å². The number of hydrogen-bond acceptors (Lipinski definition) is 4. The zero-order chi connectivity index (χ0) is 17.2. The average molecular weight is 331 g/mol. The second kappa shape index (κ2) is 9.72. The number of nitrogens with one attached hydrogen (secondary N) is 2. The molecule has 0 aliphatic carbocycles. The van der Waals surface area contributed by atoms with Gasteiger partial charge in [0, 0.05) is 24.9 Å². The number of rotatable bonds is 7. The summed E-state index contributed by atoms with van der Waals surface area (Å²) in [5.74, 6) is -0.364. The molecule has 0 atom stereocenters. The fraction of sp³-hybridized carbons (Fsp3) is 0.444. The number of hydrogen-bond donors (Lipinski definition) is 2. The molecule has 1 aromatic carbocycles. The summed E-state index contributed by atoms with van der Waals surface area (Å²) in [5, 5.41) is 5.66. The maximum absolute atomic E-state index is 11.8. The fourth-order valence-corrected chi connectivity index (χ4v) is 2.54. The van der Waals surface area contributed by atoms with Crippen molar-refractivity contribution >= 4 is 23.8 Å². The molecule has 0 aromatic heterocycles. The van der Waals surface area contributed by atoms with E-state index in [1.54, 1.807) is 25.1 Å². The van der Waals surface area contributed by atoms with Crippen molar-refractivity contribution in [2.45, 2.75) is 19.8 Å². The summed E-state index contributed by atoms with van der Waals surface area (Å²) >= 11 is 0. The Hall–Kier alpha value is -2.34. The number of carbonyl (C=O) groups excluding carboxylic acids is 2. The summed E-state index contributed by atoms with van der Waals surface area (Å²) < 4.78 is 4.82. The number of ether oxygens (including phenoxy) is 1. The molecule has 0 radical (unpaired) electrons. The average Bonchev–Trinajstić information content (AvgIpc) is 3.08. The molecule has 1 heterocycles. The highest BCUT2D eigenvalue weighted by atomic mass is 16.5. The Labute approximate surface area is 142 Å². The van der Waals surface area contributed by atoms with Crippen LogP contribution >= 0.6 is 0 Å². The van der Waals surface area contributed by atoms with E-state index in [0.717, 1.165) is 25.2 Å². The van der Waals surface area contributed by atoms with Gasteiger partial charge in [0.15, 0.2) is 0 Å². The predicted octanol–water partition coefficient (Wildman–Crippen LogP) is 2.48. The van der Waals surface area contributed by atoms with Gasteiger partial charge < -0.3 is 20.3 Å². The molecule has 2 rings (SSSR count). The van der Waals surface area contributed by atoms with Crippen molar-refractivity contribution in [1.82, 2.24) is 10.2 Å². The van der Waals surface area contributed by atoms with E-state index < -0.39 is 0 Å². The molecular weight excluding hydrogens is 306 g/mol. The molecule has 1 fully saturated rings. The Morgan fingerprint density at radius 2 is 1.92 bits per heavy atom. The summed E-state index contributed by atoms with van der Waals surface area (Å²) in [6.07, 6.45) is 5.57. The highest BCUT2D eigenvalue weighted by Gasteiger charge is 2.11. The second-order valence-corrected chi connectivity index (χ2v) is 5.64. The van der Waals surface area contributed by atoms with Gasteiger partial charge in [-0.25, -0.2) is 9.59 Å². The molecule has 24 heavy (non-hydrogen) atoms. The van der Waals surface area contributed by atoms with Gasteiger partial charge >= 0.3 is 12.0 Å². The van der Waals surface area contributed by atoms with Crippen LogP contribution in [0.5, 0.6) is 0 Å². The van der Waals surface area contributed by atoms with Gasteiger partial charge in [0.2, 0.25) is 0 Å². The Morgan fingerprint density at radius 1 is 1.21 bits per heavy atom. The number of benzene rings is 1. The highest BCUT2D eigenvalue weighted by Crippen LogP contribution is 2.11. The lowest BCUT2D eigenvalue weighted by atomic mass is 10.2. The minimum atomic E-state index is -0.364. The lowest BCUT2D eigenvalue weighted by Gasteiger charge is -2.15. The van der Waals surface area contributed by atoms with Crippen molar-refractivity contribution in [1.29, 1.82) is 0 Å². The van der Waals surface area contributed by atoms with Crippen LogP contribution < -0.4 is 10.6 Å². The molecular formula is C18H25N3O3. The van der Waals surface area contributed by atoms with E-state index in [2.05, 4.69) is 15.5 Å². The van der Waals surface area contributed by atoms with Crippen LogP contribution in [0, 0.1) is 0 Å². The molecule has 1 aliphatic rings. The van der Waals surface area contributed by atoms with Gasteiger partial charge in [-0.1, -0.05) is 12.1 Å². The topological polar surface area (TPSA) is 70.7 Å². The van der Waals surface area contributed by atoms with E-state index in [-0.39, 0.29) is 12.0 Å². The minimum absolute atomic E-state index is 0.205. The maximum atomic E-state index is 11.8. The van der Waals surface area contributed by atoms with Gasteiger partial charge in [0.05, 0.1) is 6.61 Å². The number of urea groups is 1. The Bertz CT molecular complexity index is 563. The molecule has 0 unspecified atom stereocenters. The number of nitrogens with zero attached hydrogens (tertiary/aromatic N) is 1. The SMILES string of the molecule is CCOC(=O)C=Cc1ccc(NC(=O)NCCN2CCCC2)cc1. The molecule has 130 valence electrons. The summed E-state index contributed by atoms with van der Waals surface area (Å²) in [7, 11) is 0. The van der Waals surface area contributed by atoms with Crippen LogP contribution in [0.25, 0.3) is 6.08 Å². The van der Waals surface area contributed by atoms with Gasteiger partial charge in [0.1, 0.15) is 0 Å². The minimum Gasteiger partial charge on any atom is -0.463 e. The van der Waals surface area contributed by atoms with Crippen molar-refractivity contribution < 1.29 is 14.3 Å². The molecule has 1 aromatic rings. The van der Waals surface area contributed by atoms with Crippen LogP contribution in [0.15, 0.2) is 30.3 Å². The number of likely N-dealkylation sites (tertiary alicyclic amines) is 1. The number of amides is 2. The number of carbonyl (C=O) groups is 2. The first-order valence-electron chi connectivity index (χ1n) is 8.39. The fourth-order valence-electron chi connectivity index (χ4n) is 2.54. The Kier molecular flexibility index (Phi) is 7.29. The van der Waals surface area contributed by atoms with Gasteiger partial charge in [-0.15, -0.1) is 0 Å². The third kappa shape index (κ3) is 6.42. The number of esters is 1. The van der Waals surface area contributed by atoms with Crippen molar-refractivity contribution in [2.75, 3.05) is 38.1 Å². The first-order valence-corrected chi connectivity index (χ1v) is 8.39. The second-order valence-electron chi connectivity index (χ2n) is 5.64. The molecule has 1 saturated heterocycles. The number of anilines is 1. The molecule has 0 saturated carbocycles. The smallest absolute Gasteiger partial charge is 0.330 e. The molecule has 0 bridgehead atoms. The van der Waals surface area contributed by atoms with Crippen LogP contribution in [-0.4, -0.2) is 49.7 Å². The summed E-state index contributed by atoms with van der Waals surface area (Å²) in [6, 6.07) is 7.05. The molecule has 2 N–H and O–H groups in total. The van der Waals surface area contributed by atoms with E-state index in [9.17, 15) is 9.59 Å². The van der Waals surface area contributed by atoms with Gasteiger partial charge in [-0.05, 0) is 56.6 Å². The van der Waals surface area contributed by atoms with Crippen molar-refractivity contribution in [2.24, 2.45) is 0 Å². The summed E-state index contributed by atoms with van der Waals surface area (Å²) in [4.78, 5) is 25.4. The van der Waals surface area contributed by atoms with E-state index in [1.165, 1.54) is 18.9 Å². The van der Waals surface area contributed by atoms with Gasteiger partial charge in [-0.3, -0.25) is 0 Å². The van der Waals surface area contributed by atoms with E-state index in [0.29, 0.717) is 18.8 Å². The predicted molar refractivity (Wildman–Crippen MR) is 94.8 cm³/mol. The van der Waals surface area contributed by atoms with E-state index in [4.69, 9.17) is 4.74 Å². The summed E-state index contributed by atoms with van der Waals surface area (Å²) in [6.45, 7) is 5.92. The summed E-state index contributed by atoms with van der Waals surface area (Å²) in [5.41, 5.74) is 1.57. The quantitative estimate of drug-likeness (QED) is 0.595. The highest BCUT2D eigenvalue weighted by molar-refractivity contribution is 5.90. The third-order valence-electron chi connectivity index (χ3n) is 3.78. The largest absolute Gasteiger partial charge is 0.463 e. The zero-order valence-electron chi connectivity index (χ0n) is 14.1. The molecule has 2 amide bonds. The first kappa shape index (κ1) is 18.0. The van der Waals surface area contributed by atoms with Crippen molar-refractivity contribution in [3.8, 4) is 0 Å². The molecule has 6 heteroatoms. The molecule has 0 spiro atoms. The lowest BCUT2D eigenvalue weighted by Crippen LogP contribution is -2.35. The standard InChI is InChI=1S/C18H25N3O3/c1-2-24-17(22)10-7-15-5-8-16(9-6-15)20-18(23)19-11-14-21-12-3-4-13-21/h5-10H,2-4,11-14H2,1H3,(H2,19,20,23). The lowest BCUT2D eigenvalue weighted by molar-refractivity contribution is -0.137. The monoisotopic (exact) mass is 331 g/mol. The van der Waals surface area contributed by atoms with Crippen molar-refractivity contribution in [3.63, 3.8) is 0 Å². The van der Waals surface area contributed by atoms with Gasteiger partial charge in [0.25, 0.3) is 0 Å².